The molecule has 3 aromatic rings. The summed E-state index contributed by atoms with van der Waals surface area (Å²) in [6.07, 6.45) is 2.57. The van der Waals surface area contributed by atoms with Crippen LogP contribution >= 0.6 is 0 Å². The maximum Gasteiger partial charge on any atom is 0.333 e. The van der Waals surface area contributed by atoms with Crippen LogP contribution in [0.4, 0.5) is 0 Å². The number of fused-ring (bicyclic) bond motifs is 1. The first-order valence-electron chi connectivity index (χ1n) is 11.2. The van der Waals surface area contributed by atoms with Gasteiger partial charge in [-0.2, -0.15) is 0 Å². The van der Waals surface area contributed by atoms with Crippen LogP contribution in [0, 0.1) is 5.41 Å². The minimum Gasteiger partial charge on any atom is -0.294 e. The Balaban J connectivity index is 1.57. The molecule has 0 N–H and O–H groups in total. The van der Waals surface area contributed by atoms with Gasteiger partial charge < -0.3 is 0 Å². The van der Waals surface area contributed by atoms with Crippen LogP contribution in [-0.4, -0.2) is 34.8 Å². The normalized spacial score (nSPS) is 19.2. The summed E-state index contributed by atoms with van der Waals surface area (Å²) in [6, 6.07) is 13.5. The molecule has 1 saturated heterocycles. The molecule has 1 aliphatic heterocycles. The highest BCUT2D eigenvalue weighted by Crippen LogP contribution is 2.40. The number of nitrogens with zero attached hydrogens (tertiary/aromatic N) is 2. The van der Waals surface area contributed by atoms with E-state index in [2.05, 4.69) is 12.1 Å². The van der Waals surface area contributed by atoms with E-state index in [4.69, 9.17) is 0 Å². The van der Waals surface area contributed by atoms with Crippen molar-refractivity contribution in [3.8, 4) is 5.69 Å². The van der Waals surface area contributed by atoms with Crippen molar-refractivity contribution in [2.24, 2.45) is 5.41 Å². The quantitative estimate of drug-likeness (QED) is 0.524. The Morgan fingerprint density at radius 2 is 1.81 bits per heavy atom. The van der Waals surface area contributed by atoms with Crippen molar-refractivity contribution >= 4 is 26.7 Å². The van der Waals surface area contributed by atoms with Gasteiger partial charge in [-0.25, -0.2) is 13.2 Å². The van der Waals surface area contributed by atoms with Gasteiger partial charge in [-0.15, -0.1) is 0 Å². The summed E-state index contributed by atoms with van der Waals surface area (Å²) in [5, 5.41) is 0. The molecule has 0 atom stereocenters. The zero-order valence-electron chi connectivity index (χ0n) is 18.7. The summed E-state index contributed by atoms with van der Waals surface area (Å²) in [5.74, 6) is 0.608. The van der Waals surface area contributed by atoms with Gasteiger partial charge in [0.2, 0.25) is 0 Å². The highest BCUT2D eigenvalue weighted by Gasteiger charge is 2.45. The maximum absolute atomic E-state index is 13.4. The number of Topliss-reactive ketones (excluding diaryl/α,β-unsaturated/α-hetero) is 1. The molecule has 0 unspecified atom stereocenters. The molecule has 168 valence electrons. The lowest BCUT2D eigenvalue weighted by molar-refractivity contribution is 0.0936. The van der Waals surface area contributed by atoms with Gasteiger partial charge in [0.15, 0.2) is 15.6 Å². The van der Waals surface area contributed by atoms with E-state index in [0.29, 0.717) is 11.5 Å². The van der Waals surface area contributed by atoms with Gasteiger partial charge >= 0.3 is 5.69 Å². The van der Waals surface area contributed by atoms with Gasteiger partial charge in [0.25, 0.3) is 0 Å². The van der Waals surface area contributed by atoms with Crippen molar-refractivity contribution in [2.45, 2.75) is 52.0 Å². The van der Waals surface area contributed by atoms with Crippen molar-refractivity contribution in [3.05, 3.63) is 64.1 Å². The maximum atomic E-state index is 13.4. The Morgan fingerprint density at radius 1 is 1.09 bits per heavy atom. The molecule has 6 nitrogen and oxygen atoms in total. The number of benzene rings is 2. The molecule has 2 aliphatic rings. The van der Waals surface area contributed by atoms with E-state index < -0.39 is 15.3 Å². The third-order valence-electron chi connectivity index (χ3n) is 6.61. The zero-order chi connectivity index (χ0) is 22.8. The molecule has 5 rings (SSSR count). The molecular weight excluding hydrogens is 424 g/mol. The minimum absolute atomic E-state index is 0.0540. The Bertz CT molecular complexity index is 1400. The largest absolute Gasteiger partial charge is 0.333 e. The molecule has 0 bridgehead atoms. The number of carbonyl (C=O) groups excluding carboxylic acids is 1. The second-order valence-corrected chi connectivity index (χ2v) is 12.2. The highest BCUT2D eigenvalue weighted by atomic mass is 32.2. The number of carbonyl (C=O) groups is 1. The second kappa shape index (κ2) is 7.17. The zero-order valence-corrected chi connectivity index (χ0v) is 19.5. The van der Waals surface area contributed by atoms with Crippen molar-refractivity contribution in [2.75, 3.05) is 11.5 Å². The average molecular weight is 453 g/mol. The lowest BCUT2D eigenvalue weighted by Gasteiger charge is -2.37. The molecule has 1 aliphatic carbocycles. The molecule has 0 spiro atoms. The van der Waals surface area contributed by atoms with Crippen LogP contribution in [0.25, 0.3) is 16.7 Å². The first-order valence-corrected chi connectivity index (χ1v) is 13.0. The topological polar surface area (TPSA) is 78.1 Å². The fraction of sp³-hybridized carbons (Fsp3) is 0.440. The predicted molar refractivity (Wildman–Crippen MR) is 126 cm³/mol. The van der Waals surface area contributed by atoms with Gasteiger partial charge in [0.05, 0.1) is 28.2 Å². The molecule has 2 aromatic carbocycles. The van der Waals surface area contributed by atoms with Crippen LogP contribution in [0.3, 0.4) is 0 Å². The van der Waals surface area contributed by atoms with Crippen molar-refractivity contribution < 1.29 is 13.2 Å². The number of ketones is 1. The van der Waals surface area contributed by atoms with Crippen molar-refractivity contribution in [3.63, 3.8) is 0 Å². The van der Waals surface area contributed by atoms with Crippen molar-refractivity contribution in [1.82, 2.24) is 9.13 Å². The Hall–Kier alpha value is -2.67. The molecule has 0 radical (unpaired) electrons. The molecule has 7 heteroatoms. The average Bonchev–Trinajstić information content (AvgIpc) is 3.48. The predicted octanol–water partition coefficient (Wildman–Crippen LogP) is 4.26. The first-order chi connectivity index (χ1) is 15.1. The van der Waals surface area contributed by atoms with Crippen LogP contribution in [0.15, 0.2) is 47.3 Å². The van der Waals surface area contributed by atoms with Gasteiger partial charge in [-0.05, 0) is 68.5 Å². The fourth-order valence-electron chi connectivity index (χ4n) is 5.09. The van der Waals surface area contributed by atoms with Crippen LogP contribution < -0.4 is 5.69 Å². The number of hydrogen-bond donors (Lipinski definition) is 0. The summed E-state index contributed by atoms with van der Waals surface area (Å²) in [5.41, 5.74) is 3.48. The van der Waals surface area contributed by atoms with E-state index in [-0.39, 0.29) is 35.4 Å². The summed E-state index contributed by atoms with van der Waals surface area (Å²) in [4.78, 5) is 26.4. The first kappa shape index (κ1) is 21.2. The highest BCUT2D eigenvalue weighted by molar-refractivity contribution is 7.92. The molecule has 0 amide bonds. The van der Waals surface area contributed by atoms with Gasteiger partial charge in [0, 0.05) is 23.4 Å². The standard InChI is InChI=1S/C25H28N2O4S/c1-16(2)26-22-12-19(23(28)13-25(3)14-32(30,31)15-25)9-10-21(22)27(24(26)29)20-6-4-5-18(11-20)17-7-8-17/h4-6,9-12,16-17H,7-8,13-15H2,1-3H3. The van der Waals surface area contributed by atoms with Crippen LogP contribution in [0.1, 0.15) is 67.9 Å². The van der Waals surface area contributed by atoms with E-state index in [9.17, 15) is 18.0 Å². The molecule has 32 heavy (non-hydrogen) atoms. The number of rotatable bonds is 6. The SMILES string of the molecule is CC(C)n1c(=O)n(-c2cccc(C3CC3)c2)c2ccc(C(=O)CC3(C)CS(=O)(=O)C3)cc21. The molecule has 1 saturated carbocycles. The third kappa shape index (κ3) is 3.62. The molecule has 2 fully saturated rings. The van der Waals surface area contributed by atoms with E-state index in [0.717, 1.165) is 16.7 Å². The lowest BCUT2D eigenvalue weighted by Crippen LogP contribution is -2.47. The number of aromatic nitrogens is 2. The summed E-state index contributed by atoms with van der Waals surface area (Å²) >= 11 is 0. The Kier molecular flexibility index (Phi) is 4.75. The van der Waals surface area contributed by atoms with Gasteiger partial charge in [0.1, 0.15) is 0 Å². The van der Waals surface area contributed by atoms with Gasteiger partial charge in [-0.1, -0.05) is 19.1 Å². The fourth-order valence-corrected chi connectivity index (χ4v) is 7.33. The van der Waals surface area contributed by atoms with E-state index in [1.54, 1.807) is 21.3 Å². The summed E-state index contributed by atoms with van der Waals surface area (Å²) in [7, 11) is -3.01. The molecule has 2 heterocycles. The van der Waals surface area contributed by atoms with E-state index in [1.165, 1.54) is 18.4 Å². The van der Waals surface area contributed by atoms with Crippen molar-refractivity contribution in [1.29, 1.82) is 0 Å². The van der Waals surface area contributed by atoms with Crippen LogP contribution in [0.5, 0.6) is 0 Å². The summed E-state index contributed by atoms with van der Waals surface area (Å²) < 4.78 is 26.7. The van der Waals surface area contributed by atoms with E-state index >= 15 is 0 Å². The van der Waals surface area contributed by atoms with E-state index in [1.807, 2.05) is 39.0 Å². The third-order valence-corrected chi connectivity index (χ3v) is 8.89. The number of sulfone groups is 1. The summed E-state index contributed by atoms with van der Waals surface area (Å²) in [6.45, 7) is 5.76. The minimum atomic E-state index is -3.01. The van der Waals surface area contributed by atoms with Gasteiger partial charge in [-0.3, -0.25) is 13.9 Å². The Morgan fingerprint density at radius 3 is 2.44 bits per heavy atom. The second-order valence-electron chi connectivity index (χ2n) is 10.1. The lowest BCUT2D eigenvalue weighted by atomic mass is 9.86. The number of hydrogen-bond acceptors (Lipinski definition) is 4. The monoisotopic (exact) mass is 452 g/mol. The smallest absolute Gasteiger partial charge is 0.294 e. The van der Waals surface area contributed by atoms with Crippen LogP contribution in [-0.2, 0) is 9.84 Å². The van der Waals surface area contributed by atoms with Crippen LogP contribution in [0.2, 0.25) is 0 Å². The molecular formula is C25H28N2O4S. The molecule has 1 aromatic heterocycles. The Labute approximate surface area is 187 Å². The number of imidazole rings is 1.